The van der Waals surface area contributed by atoms with Crippen molar-refractivity contribution in [2.75, 3.05) is 28.5 Å². The number of aromatic nitrogens is 3. The summed E-state index contributed by atoms with van der Waals surface area (Å²) in [6, 6.07) is 54.0. The third kappa shape index (κ3) is 25.5. The molecular formula is C55H46N14O18S6. The fourth-order valence-electron chi connectivity index (χ4n) is 7.64. The Morgan fingerprint density at radius 3 is 1.15 bits per heavy atom. The molecule has 9 aromatic rings. The summed E-state index contributed by atoms with van der Waals surface area (Å²) < 4.78 is 177. The van der Waals surface area contributed by atoms with Gasteiger partial charge in [0.2, 0.25) is 5.95 Å². The van der Waals surface area contributed by atoms with Gasteiger partial charge in [0.05, 0.1) is 44.7 Å². The van der Waals surface area contributed by atoms with E-state index in [0.29, 0.717) is 51.1 Å². The van der Waals surface area contributed by atoms with Crippen LogP contribution >= 0.6 is 0 Å². The van der Waals surface area contributed by atoms with Gasteiger partial charge in [-0.1, -0.05) is 66.7 Å². The van der Waals surface area contributed by atoms with E-state index in [2.05, 4.69) is 61.5 Å². The Balaban J connectivity index is 0.00000105. The van der Waals surface area contributed by atoms with Gasteiger partial charge in [0, 0.05) is 31.3 Å². The van der Waals surface area contributed by atoms with Crippen molar-refractivity contribution >= 4 is 136 Å². The van der Waals surface area contributed by atoms with Gasteiger partial charge < -0.3 is 15.5 Å². The fraction of sp³-hybridized carbons (Fsp3) is 0.0727. The molecule has 38 heteroatoms. The Bertz CT molecular complexity index is 4880. The molecule has 1 heterocycles. The maximum atomic E-state index is 12.6. The zero-order chi connectivity index (χ0) is 67.7. The molecule has 0 bridgehead atoms. The van der Waals surface area contributed by atoms with E-state index in [1.54, 1.807) is 72.8 Å². The SMILES string of the molecule is CN(CS(=O)(=O)O)c1nc(Cc2ccc(N=Nc3ccc(N=Nc4ccc(S(=O)(=O)O)cc4)cc3)c(Nc3ccccc3)c2)nc(Cc2ccc(N=Nc3ccc(N=Nc4ccccc4)cc3S(=O)(=O)O)c(Nc3ccccc3)c2)n1.O=S(=O)=O.O=S(=O)=O.O=S(=O)=O. The van der Waals surface area contributed by atoms with Crippen molar-refractivity contribution in [3.63, 3.8) is 0 Å². The van der Waals surface area contributed by atoms with Gasteiger partial charge in [0.15, 0.2) is 0 Å². The van der Waals surface area contributed by atoms with Crippen LogP contribution in [0.25, 0.3) is 0 Å². The lowest BCUT2D eigenvalue weighted by molar-refractivity contribution is 0.480. The number of hydrogen-bond donors (Lipinski definition) is 5. The molecule has 0 fully saturated rings. The van der Waals surface area contributed by atoms with Crippen LogP contribution in [0.15, 0.2) is 245 Å². The molecule has 0 aliphatic rings. The summed E-state index contributed by atoms with van der Waals surface area (Å²) in [4.78, 5) is 14.4. The van der Waals surface area contributed by atoms with Gasteiger partial charge in [-0.25, -0.2) is 4.98 Å². The molecule has 0 atom stereocenters. The Hall–Kier alpha value is -10.8. The molecule has 32 nitrogen and oxygen atoms in total. The third-order valence-corrected chi connectivity index (χ3v) is 13.9. The highest BCUT2D eigenvalue weighted by atomic mass is 32.2. The first-order chi connectivity index (χ1) is 44.0. The molecule has 1 aromatic heterocycles. The van der Waals surface area contributed by atoms with Crippen LogP contribution in [0.2, 0.25) is 0 Å². The minimum atomic E-state index is -4.80. The number of para-hydroxylation sites is 2. The van der Waals surface area contributed by atoms with Crippen LogP contribution in [0.1, 0.15) is 22.8 Å². The average Bonchev–Trinajstić information content (AvgIpc) is 0.933. The Morgan fingerprint density at radius 2 is 0.742 bits per heavy atom. The van der Waals surface area contributed by atoms with E-state index in [4.69, 9.17) is 42.9 Å². The predicted molar refractivity (Wildman–Crippen MR) is 334 cm³/mol. The van der Waals surface area contributed by atoms with Gasteiger partial charge in [-0.05, 0) is 139 Å². The number of nitrogens with zero attached hydrogens (tertiary/aromatic N) is 12. The fourth-order valence-corrected chi connectivity index (χ4v) is 9.36. The number of benzene rings is 8. The van der Waals surface area contributed by atoms with E-state index in [9.17, 15) is 38.9 Å². The van der Waals surface area contributed by atoms with Gasteiger partial charge in [0.1, 0.15) is 39.5 Å². The number of nitrogens with one attached hydrogen (secondary N) is 2. The largest absolute Gasteiger partial charge is 0.425 e. The van der Waals surface area contributed by atoms with Crippen LogP contribution < -0.4 is 15.5 Å². The maximum absolute atomic E-state index is 12.6. The lowest BCUT2D eigenvalue weighted by Gasteiger charge is -2.17. The summed E-state index contributed by atoms with van der Waals surface area (Å²) in [6.07, 6.45) is 0.221. The van der Waals surface area contributed by atoms with Crippen LogP contribution in [0.3, 0.4) is 0 Å². The van der Waals surface area contributed by atoms with Crippen LogP contribution in [0, 0.1) is 0 Å². The first-order valence-electron chi connectivity index (χ1n) is 25.7. The predicted octanol–water partition coefficient (Wildman–Crippen LogP) is 11.0. The van der Waals surface area contributed by atoms with Gasteiger partial charge >= 0.3 is 31.8 Å². The van der Waals surface area contributed by atoms with Crippen LogP contribution in [0.4, 0.5) is 74.2 Å². The van der Waals surface area contributed by atoms with Gasteiger partial charge in [-0.15, -0.1) is 53.2 Å². The lowest BCUT2D eigenvalue weighted by Crippen LogP contribution is -2.28. The molecule has 0 aliphatic heterocycles. The summed E-state index contributed by atoms with van der Waals surface area (Å²) in [5, 5.41) is 40.9. The van der Waals surface area contributed by atoms with Crippen molar-refractivity contribution < 1.29 is 76.8 Å². The Morgan fingerprint density at radius 1 is 0.398 bits per heavy atom. The van der Waals surface area contributed by atoms with Crippen molar-refractivity contribution in [2.45, 2.75) is 22.6 Å². The Kier molecular flexibility index (Phi) is 25.9. The van der Waals surface area contributed by atoms with Crippen LogP contribution in [-0.4, -0.2) is 105 Å². The molecule has 5 N–H and O–H groups in total. The highest BCUT2D eigenvalue weighted by Gasteiger charge is 2.20. The molecular weight excluding hydrogens is 1340 g/mol. The van der Waals surface area contributed by atoms with Crippen molar-refractivity contribution in [3.8, 4) is 0 Å². The number of anilines is 5. The standard InChI is InChI=1S/C55H46N14O9S3.3O3S/c1-69(36-79(70,71)72)55-59-53(33-37-17-28-47(50(31-37)56-39-11-5-2-6-12-39)66-64-43-21-19-42(20-22-43)62-63-44-23-26-46(27-24-44)80(73,74)75)58-54(60-55)34-38-18-29-48(51(32-38)57-40-13-7-3-8-14-40)67-68-49-30-25-45(35-52(49)81(76,77)78)65-61-41-15-9-4-10-16-41;3*1-4(2)3/h2-32,35,56-57H,33-34,36H2,1H3,(H,70,71,72)(H,73,74,75)(H,76,77,78);;;. The second-order valence-corrected chi connectivity index (χ2v) is 23.7. The van der Waals surface area contributed by atoms with E-state index >= 15 is 0 Å². The molecule has 0 spiro atoms. The first-order valence-corrected chi connectivity index (χ1v) is 33.2. The van der Waals surface area contributed by atoms with Crippen molar-refractivity contribution in [2.24, 2.45) is 40.9 Å². The molecule has 93 heavy (non-hydrogen) atoms. The summed E-state index contributed by atoms with van der Waals surface area (Å²) in [5.41, 5.74) is 6.51. The average molecular weight is 1380 g/mol. The van der Waals surface area contributed by atoms with Crippen LogP contribution in [-0.2, 0) is 75.0 Å². The second-order valence-electron chi connectivity index (χ2n) is 18.3. The molecule has 0 saturated carbocycles. The van der Waals surface area contributed by atoms with Crippen molar-refractivity contribution in [1.82, 2.24) is 15.0 Å². The monoisotopic (exact) mass is 1380 g/mol. The quantitative estimate of drug-likeness (QED) is 0.0329. The highest BCUT2D eigenvalue weighted by molar-refractivity contribution is 7.86. The summed E-state index contributed by atoms with van der Waals surface area (Å²) in [7, 11) is -21.6. The zero-order valence-electron chi connectivity index (χ0n) is 47.4. The number of azo groups is 4. The maximum Gasteiger partial charge on any atom is 0.425 e. The molecule has 9 rings (SSSR count). The summed E-state index contributed by atoms with van der Waals surface area (Å²) in [6.45, 7) is 0. The Labute approximate surface area is 533 Å². The van der Waals surface area contributed by atoms with E-state index < -0.39 is 73.0 Å². The van der Waals surface area contributed by atoms with Crippen molar-refractivity contribution in [3.05, 3.63) is 217 Å². The van der Waals surface area contributed by atoms with Crippen molar-refractivity contribution in [1.29, 1.82) is 0 Å². The molecule has 0 radical (unpaired) electrons. The molecule has 0 saturated heterocycles. The molecule has 0 amide bonds. The van der Waals surface area contributed by atoms with Gasteiger partial charge in [-0.3, -0.25) is 13.7 Å². The highest BCUT2D eigenvalue weighted by Crippen LogP contribution is 2.36. The third-order valence-electron chi connectivity index (χ3n) is 11.4. The molecule has 0 unspecified atom stereocenters. The summed E-state index contributed by atoms with van der Waals surface area (Å²) in [5.74, 6) is -0.332. The van der Waals surface area contributed by atoms with E-state index in [0.717, 1.165) is 17.3 Å². The second kappa shape index (κ2) is 33.8. The molecule has 8 aromatic carbocycles. The van der Waals surface area contributed by atoms with E-state index in [-0.39, 0.29) is 52.4 Å². The van der Waals surface area contributed by atoms with Crippen LogP contribution in [0.5, 0.6) is 0 Å². The topological polar surface area (TPSA) is 482 Å². The lowest BCUT2D eigenvalue weighted by atomic mass is 10.1. The van der Waals surface area contributed by atoms with Gasteiger partial charge in [-0.2, -0.15) is 60.8 Å². The smallest absolute Gasteiger partial charge is 0.354 e. The van der Waals surface area contributed by atoms with E-state index in [1.807, 2.05) is 78.9 Å². The normalized spacial score (nSPS) is 11.4. The molecule has 0 aliphatic carbocycles. The summed E-state index contributed by atoms with van der Waals surface area (Å²) >= 11 is 0. The molecule has 480 valence electrons. The first kappa shape index (κ1) is 71.2. The zero-order valence-corrected chi connectivity index (χ0v) is 52.3. The van der Waals surface area contributed by atoms with Gasteiger partial charge in [0.25, 0.3) is 30.4 Å². The minimum absolute atomic E-state index is 0.0299. The minimum Gasteiger partial charge on any atom is -0.354 e. The van der Waals surface area contributed by atoms with E-state index in [1.165, 1.54) is 48.3 Å². The number of rotatable bonds is 21. The number of hydrogen-bond acceptors (Lipinski definition) is 29.